The predicted molar refractivity (Wildman–Crippen MR) is 79.1 cm³/mol. The second kappa shape index (κ2) is 5.61. The van der Waals surface area contributed by atoms with Crippen molar-refractivity contribution in [3.05, 3.63) is 22.7 Å². The van der Waals surface area contributed by atoms with Crippen LogP contribution in [0, 0.1) is 5.92 Å². The average Bonchev–Trinajstić information content (AvgIpc) is 2.76. The number of nitrogens with zero attached hydrogens (tertiary/aromatic N) is 1. The van der Waals surface area contributed by atoms with Crippen molar-refractivity contribution in [2.24, 2.45) is 5.92 Å². The Morgan fingerprint density at radius 1 is 1.23 bits per heavy atom. The molecule has 0 aliphatic carbocycles. The van der Waals surface area contributed by atoms with Crippen LogP contribution < -0.4 is 14.8 Å². The number of fused-ring (bicyclic) bond motifs is 4. The summed E-state index contributed by atoms with van der Waals surface area (Å²) >= 11 is 6.35. The molecule has 0 aromatic heterocycles. The van der Waals surface area contributed by atoms with Crippen LogP contribution in [0.15, 0.2) is 12.1 Å². The van der Waals surface area contributed by atoms with Gasteiger partial charge in [0.2, 0.25) is 12.7 Å². The van der Waals surface area contributed by atoms with Gasteiger partial charge in [-0.3, -0.25) is 9.69 Å². The number of carbonyl (C=O) groups excluding carboxylic acids is 1. The van der Waals surface area contributed by atoms with Gasteiger partial charge in [0.25, 0.3) is 0 Å². The zero-order valence-electron chi connectivity index (χ0n) is 12.0. The van der Waals surface area contributed by atoms with Crippen molar-refractivity contribution in [1.82, 2.24) is 10.2 Å². The standard InChI is InChI=1S/C15H17ClN2O4/c16-12-2-14-13(21-8-22-14)1-9(12)3-18-4-10-6-20-7-11(5-18)17-15(10)19/h1-2,10-11H,3-8H2,(H,17,19)/t10-,11+/m1/s1. The quantitative estimate of drug-likeness (QED) is 0.880. The maximum atomic E-state index is 12.0. The second-order valence-corrected chi connectivity index (χ2v) is 6.34. The molecule has 2 bridgehead atoms. The third-order valence-corrected chi connectivity index (χ3v) is 4.60. The Morgan fingerprint density at radius 3 is 2.91 bits per heavy atom. The molecule has 22 heavy (non-hydrogen) atoms. The third kappa shape index (κ3) is 2.62. The molecule has 0 radical (unpaired) electrons. The maximum Gasteiger partial charge on any atom is 0.231 e. The van der Waals surface area contributed by atoms with Gasteiger partial charge >= 0.3 is 0 Å². The summed E-state index contributed by atoms with van der Waals surface area (Å²) in [4.78, 5) is 14.3. The Balaban J connectivity index is 1.55. The predicted octanol–water partition coefficient (Wildman–Crippen LogP) is 1.02. The summed E-state index contributed by atoms with van der Waals surface area (Å²) in [5.74, 6) is 1.38. The number of nitrogens with one attached hydrogen (secondary N) is 1. The Morgan fingerprint density at radius 2 is 2.05 bits per heavy atom. The molecule has 2 atom stereocenters. The first kappa shape index (κ1) is 14.1. The van der Waals surface area contributed by atoms with Gasteiger partial charge in [0.05, 0.1) is 25.2 Å². The van der Waals surface area contributed by atoms with E-state index in [0.29, 0.717) is 37.1 Å². The SMILES string of the molecule is O=C1N[C@@H]2COC[C@H]1CN(Cc1cc3c(cc1Cl)OCO3)C2. The van der Waals surface area contributed by atoms with Crippen LogP contribution in [-0.4, -0.2) is 49.9 Å². The number of hydrogen-bond acceptors (Lipinski definition) is 5. The van der Waals surface area contributed by atoms with Gasteiger partial charge in [-0.1, -0.05) is 11.6 Å². The highest BCUT2D eigenvalue weighted by molar-refractivity contribution is 6.31. The van der Waals surface area contributed by atoms with Crippen LogP contribution in [0.25, 0.3) is 0 Å². The average molecular weight is 325 g/mol. The Hall–Kier alpha value is -1.50. The number of halogens is 1. The van der Waals surface area contributed by atoms with Crippen LogP contribution in [0.3, 0.4) is 0 Å². The zero-order chi connectivity index (χ0) is 15.1. The molecule has 3 aliphatic rings. The van der Waals surface area contributed by atoms with Crippen molar-refractivity contribution < 1.29 is 19.0 Å². The summed E-state index contributed by atoms with van der Waals surface area (Å²) in [6.07, 6.45) is 0. The molecule has 2 saturated heterocycles. The largest absolute Gasteiger partial charge is 0.454 e. The molecule has 1 N–H and O–H groups in total. The number of amides is 1. The molecular formula is C15H17ClN2O4. The fourth-order valence-corrected chi connectivity index (χ4v) is 3.38. The lowest BCUT2D eigenvalue weighted by Crippen LogP contribution is -2.41. The molecule has 1 aromatic rings. The van der Waals surface area contributed by atoms with E-state index >= 15 is 0 Å². The lowest BCUT2D eigenvalue weighted by Gasteiger charge is -2.27. The number of benzene rings is 1. The van der Waals surface area contributed by atoms with E-state index in [1.54, 1.807) is 6.07 Å². The zero-order valence-corrected chi connectivity index (χ0v) is 12.8. The Bertz CT molecular complexity index is 609. The number of ether oxygens (including phenoxy) is 3. The molecule has 0 unspecified atom stereocenters. The van der Waals surface area contributed by atoms with Crippen molar-refractivity contribution in [1.29, 1.82) is 0 Å². The minimum Gasteiger partial charge on any atom is -0.454 e. The van der Waals surface area contributed by atoms with Gasteiger partial charge < -0.3 is 19.5 Å². The van der Waals surface area contributed by atoms with Gasteiger partial charge in [0.15, 0.2) is 11.5 Å². The number of carbonyl (C=O) groups is 1. The van der Waals surface area contributed by atoms with Crippen LogP contribution in [-0.2, 0) is 16.1 Å². The summed E-state index contributed by atoms with van der Waals surface area (Å²) in [5.41, 5.74) is 0.985. The first-order valence-electron chi connectivity index (χ1n) is 7.37. The molecule has 3 heterocycles. The Kier molecular flexibility index (Phi) is 3.60. The topological polar surface area (TPSA) is 60.0 Å². The van der Waals surface area contributed by atoms with Gasteiger partial charge in [-0.15, -0.1) is 0 Å². The van der Waals surface area contributed by atoms with Gasteiger partial charge in [-0.05, 0) is 11.6 Å². The van der Waals surface area contributed by atoms with Crippen LogP contribution in [0.4, 0.5) is 0 Å². The molecule has 2 fully saturated rings. The first-order chi connectivity index (χ1) is 10.7. The van der Waals surface area contributed by atoms with Crippen molar-refractivity contribution in [3.8, 4) is 11.5 Å². The fourth-order valence-electron chi connectivity index (χ4n) is 3.17. The second-order valence-electron chi connectivity index (χ2n) is 5.93. The molecule has 0 spiro atoms. The van der Waals surface area contributed by atoms with Crippen molar-refractivity contribution in [3.63, 3.8) is 0 Å². The highest BCUT2D eigenvalue weighted by Gasteiger charge is 2.33. The Labute approximate surface area is 133 Å². The van der Waals surface area contributed by atoms with Crippen LogP contribution >= 0.6 is 11.6 Å². The van der Waals surface area contributed by atoms with E-state index in [4.69, 9.17) is 25.8 Å². The molecule has 6 nitrogen and oxygen atoms in total. The van der Waals surface area contributed by atoms with E-state index in [1.807, 2.05) is 6.07 Å². The monoisotopic (exact) mass is 324 g/mol. The summed E-state index contributed by atoms with van der Waals surface area (Å²) in [6, 6.07) is 3.76. The molecule has 118 valence electrons. The van der Waals surface area contributed by atoms with Gasteiger partial charge in [0.1, 0.15) is 0 Å². The molecular weight excluding hydrogens is 308 g/mol. The summed E-state index contributed by atoms with van der Waals surface area (Å²) in [6.45, 7) is 3.39. The lowest BCUT2D eigenvalue weighted by molar-refractivity contribution is -0.125. The van der Waals surface area contributed by atoms with Gasteiger partial charge in [0, 0.05) is 30.7 Å². The molecule has 1 amide bonds. The lowest BCUT2D eigenvalue weighted by atomic mass is 10.1. The number of hydrogen-bond donors (Lipinski definition) is 1. The number of rotatable bonds is 2. The minimum atomic E-state index is -0.125. The van der Waals surface area contributed by atoms with E-state index in [9.17, 15) is 4.79 Å². The summed E-state index contributed by atoms with van der Waals surface area (Å²) in [7, 11) is 0. The maximum absolute atomic E-state index is 12.0. The molecule has 3 aliphatic heterocycles. The highest BCUT2D eigenvalue weighted by atomic mass is 35.5. The normalized spacial score (nSPS) is 27.4. The van der Waals surface area contributed by atoms with Crippen LogP contribution in [0.1, 0.15) is 5.56 Å². The van der Waals surface area contributed by atoms with Crippen molar-refractivity contribution in [2.45, 2.75) is 12.6 Å². The smallest absolute Gasteiger partial charge is 0.231 e. The molecule has 4 rings (SSSR count). The van der Waals surface area contributed by atoms with Crippen LogP contribution in [0.2, 0.25) is 5.02 Å². The van der Waals surface area contributed by atoms with E-state index in [2.05, 4.69) is 10.2 Å². The summed E-state index contributed by atoms with van der Waals surface area (Å²) < 4.78 is 16.3. The van der Waals surface area contributed by atoms with Crippen LogP contribution in [0.5, 0.6) is 11.5 Å². The van der Waals surface area contributed by atoms with Gasteiger partial charge in [-0.2, -0.15) is 0 Å². The highest BCUT2D eigenvalue weighted by Crippen LogP contribution is 2.37. The molecule has 1 aromatic carbocycles. The molecule has 0 saturated carbocycles. The van der Waals surface area contributed by atoms with Crippen molar-refractivity contribution in [2.75, 3.05) is 33.1 Å². The third-order valence-electron chi connectivity index (χ3n) is 4.25. The van der Waals surface area contributed by atoms with Crippen molar-refractivity contribution >= 4 is 17.5 Å². The summed E-state index contributed by atoms with van der Waals surface area (Å²) in [5, 5.41) is 3.69. The first-order valence-corrected chi connectivity index (χ1v) is 7.75. The fraction of sp³-hybridized carbons (Fsp3) is 0.533. The molecule has 7 heteroatoms. The van der Waals surface area contributed by atoms with Gasteiger partial charge in [-0.25, -0.2) is 0 Å². The van der Waals surface area contributed by atoms with E-state index in [0.717, 1.165) is 17.9 Å². The van der Waals surface area contributed by atoms with E-state index < -0.39 is 0 Å². The van der Waals surface area contributed by atoms with E-state index in [1.165, 1.54) is 0 Å². The van der Waals surface area contributed by atoms with E-state index in [-0.39, 0.29) is 24.7 Å². The minimum absolute atomic E-state index is 0.0350.